The Morgan fingerprint density at radius 2 is 1.62 bits per heavy atom. The molecule has 0 radical (unpaired) electrons. The fraction of sp³-hybridized carbons (Fsp3) is 0.390. The van der Waals surface area contributed by atoms with Crippen molar-refractivity contribution in [3.63, 3.8) is 0 Å². The van der Waals surface area contributed by atoms with E-state index in [0.29, 0.717) is 45.3 Å². The summed E-state index contributed by atoms with van der Waals surface area (Å²) in [5.74, 6) is 0.687. The summed E-state index contributed by atoms with van der Waals surface area (Å²) < 4.78 is 24.0. The van der Waals surface area contributed by atoms with Crippen molar-refractivity contribution in [1.29, 1.82) is 0 Å². The number of nitrogen functional groups attached to an aromatic ring is 1. The number of nitrogens with two attached hydrogens (primary N) is 1. The number of imidazole rings is 1. The highest BCUT2D eigenvalue weighted by Gasteiger charge is 2.46. The molecule has 2 saturated heterocycles. The van der Waals surface area contributed by atoms with E-state index in [1.165, 1.54) is 0 Å². The van der Waals surface area contributed by atoms with Gasteiger partial charge < -0.3 is 25.6 Å². The van der Waals surface area contributed by atoms with E-state index in [9.17, 15) is 9.59 Å². The van der Waals surface area contributed by atoms with Crippen LogP contribution < -0.4 is 16.0 Å². The Kier molecular flexibility index (Phi) is 8.38. The monoisotopic (exact) mass is 716 g/mol. The number of nitrogens with zero attached hydrogens (tertiary/aromatic N) is 6. The Morgan fingerprint density at radius 1 is 0.906 bits per heavy atom. The van der Waals surface area contributed by atoms with Gasteiger partial charge in [0, 0.05) is 56.0 Å². The zero-order valence-electron chi connectivity index (χ0n) is 30.7. The van der Waals surface area contributed by atoms with Crippen molar-refractivity contribution < 1.29 is 18.7 Å². The Bertz CT molecular complexity index is 2210. The molecule has 3 fully saturated rings. The third-order valence-corrected chi connectivity index (χ3v) is 11.1. The third-order valence-electron chi connectivity index (χ3n) is 11.1. The molecule has 1 saturated carbocycles. The maximum atomic E-state index is 16.5. The van der Waals surface area contributed by atoms with Gasteiger partial charge in [-0.25, -0.2) is 24.1 Å². The highest BCUT2D eigenvalue weighted by Crippen LogP contribution is 2.45. The molecule has 12 heteroatoms. The smallest absolute Gasteiger partial charge is 0.408 e. The first-order chi connectivity index (χ1) is 25.3. The summed E-state index contributed by atoms with van der Waals surface area (Å²) in [6, 6.07) is 20.8. The summed E-state index contributed by atoms with van der Waals surface area (Å²) in [5.41, 5.74) is 10.4. The van der Waals surface area contributed by atoms with Gasteiger partial charge in [-0.3, -0.25) is 9.36 Å². The summed E-state index contributed by atoms with van der Waals surface area (Å²) in [7, 11) is 0. The van der Waals surface area contributed by atoms with Gasteiger partial charge >= 0.3 is 6.09 Å². The number of aromatic nitrogens is 4. The molecular formula is C41H45FN8O3. The molecule has 53 heavy (non-hydrogen) atoms. The average Bonchev–Trinajstić information content (AvgIpc) is 3.47. The number of fused-ring (bicyclic) bond motifs is 1. The largest absolute Gasteiger partial charge is 0.444 e. The summed E-state index contributed by atoms with van der Waals surface area (Å²) in [6.45, 7) is 10.2. The molecule has 2 aromatic carbocycles. The van der Waals surface area contributed by atoms with Gasteiger partial charge in [0.25, 0.3) is 0 Å². The SMILES string of the molecule is CC(=O)N1CCC2(CC1)CN(c1cccc(-c3ccc4nc(-c5cccnc5N)n(-c5ccc(C6(NC(=O)OC(C)(C)C)CCC6)cc5)c4n3)c1F)C2. The zero-order valence-corrected chi connectivity index (χ0v) is 30.7. The summed E-state index contributed by atoms with van der Waals surface area (Å²) in [4.78, 5) is 43.0. The molecule has 0 atom stereocenters. The predicted octanol–water partition coefficient (Wildman–Crippen LogP) is 7.22. The Morgan fingerprint density at radius 3 is 2.26 bits per heavy atom. The molecule has 8 rings (SSSR count). The van der Waals surface area contributed by atoms with Gasteiger partial charge in [-0.1, -0.05) is 18.2 Å². The molecule has 5 heterocycles. The molecule has 11 nitrogen and oxygen atoms in total. The molecule has 1 aliphatic carbocycles. The van der Waals surface area contributed by atoms with Crippen LogP contribution >= 0.6 is 0 Å². The number of halogens is 1. The molecule has 0 unspecified atom stereocenters. The van der Waals surface area contributed by atoms with E-state index in [0.717, 1.165) is 69.5 Å². The second kappa shape index (κ2) is 12.9. The quantitative estimate of drug-likeness (QED) is 0.188. The Hall–Kier alpha value is -5.52. The van der Waals surface area contributed by atoms with Gasteiger partial charge in [0.05, 0.1) is 22.5 Å². The van der Waals surface area contributed by atoms with Crippen LogP contribution in [0.1, 0.15) is 65.4 Å². The molecule has 274 valence electrons. The number of rotatable bonds is 6. The summed E-state index contributed by atoms with van der Waals surface area (Å²) >= 11 is 0. The second-order valence-corrected chi connectivity index (χ2v) is 15.9. The van der Waals surface area contributed by atoms with Crippen LogP contribution in [0.5, 0.6) is 0 Å². The lowest BCUT2D eigenvalue weighted by Gasteiger charge is -2.55. The highest BCUT2D eigenvalue weighted by atomic mass is 19.1. The standard InChI is InChI=1S/C41H45FN8O3/c1-26(51)48-22-19-40(20-23-48)24-49(25-40)33-10-5-8-29(34(33)42)31-15-16-32-37(45-31)50(36(46-32)30-9-6-21-44-35(30)43)28-13-11-27(12-14-28)41(17-7-18-41)47-38(52)53-39(2,3)4/h5-6,8-16,21H,7,17-20,22-25H2,1-4H3,(H2,43,44)(H,47,52). The van der Waals surface area contributed by atoms with Gasteiger partial charge in [-0.2, -0.15) is 0 Å². The van der Waals surface area contributed by atoms with Gasteiger partial charge in [-0.05, 0) is 107 Å². The number of benzene rings is 2. The fourth-order valence-electron chi connectivity index (χ4n) is 8.09. The van der Waals surface area contributed by atoms with Crippen LogP contribution in [0.4, 0.5) is 20.7 Å². The van der Waals surface area contributed by atoms with Crippen LogP contribution in [-0.4, -0.2) is 68.2 Å². The molecule has 3 aromatic heterocycles. The maximum absolute atomic E-state index is 16.5. The fourth-order valence-corrected chi connectivity index (χ4v) is 8.09. The van der Waals surface area contributed by atoms with Crippen LogP contribution in [-0.2, 0) is 15.1 Å². The minimum absolute atomic E-state index is 0.113. The lowest BCUT2D eigenvalue weighted by Crippen LogP contribution is -2.61. The van der Waals surface area contributed by atoms with Gasteiger partial charge in [0.1, 0.15) is 16.9 Å². The second-order valence-electron chi connectivity index (χ2n) is 15.9. The minimum atomic E-state index is -0.602. The molecule has 5 aromatic rings. The number of pyridine rings is 2. The maximum Gasteiger partial charge on any atom is 0.408 e. The van der Waals surface area contributed by atoms with Crippen molar-refractivity contribution in [3.8, 4) is 28.3 Å². The first-order valence-corrected chi connectivity index (χ1v) is 18.4. The topological polar surface area (TPSA) is 132 Å². The van der Waals surface area contributed by atoms with E-state index in [2.05, 4.69) is 15.2 Å². The number of piperidine rings is 1. The minimum Gasteiger partial charge on any atom is -0.444 e. The van der Waals surface area contributed by atoms with Crippen molar-refractivity contribution >= 4 is 34.7 Å². The van der Waals surface area contributed by atoms with Crippen LogP contribution in [0.15, 0.2) is 72.9 Å². The molecule has 2 amide bonds. The molecule has 3 N–H and O–H groups in total. The number of ether oxygens (including phenoxy) is 1. The summed E-state index contributed by atoms with van der Waals surface area (Å²) in [5, 5.41) is 3.14. The number of carbonyl (C=O) groups is 2. The van der Waals surface area contributed by atoms with Gasteiger partial charge in [0.2, 0.25) is 5.91 Å². The van der Waals surface area contributed by atoms with E-state index < -0.39 is 17.2 Å². The van der Waals surface area contributed by atoms with E-state index in [-0.39, 0.29) is 17.1 Å². The number of nitrogens with one attached hydrogen (secondary N) is 1. The van der Waals surface area contributed by atoms with Crippen molar-refractivity contribution in [2.45, 2.75) is 70.9 Å². The number of anilines is 2. The van der Waals surface area contributed by atoms with Gasteiger partial charge in [0.15, 0.2) is 17.3 Å². The van der Waals surface area contributed by atoms with E-state index >= 15 is 4.39 Å². The van der Waals surface area contributed by atoms with E-state index in [4.69, 9.17) is 20.4 Å². The molecular weight excluding hydrogens is 672 g/mol. The van der Waals surface area contributed by atoms with Crippen molar-refractivity contribution in [3.05, 3.63) is 84.3 Å². The third kappa shape index (κ3) is 6.34. The van der Waals surface area contributed by atoms with E-state index in [1.54, 1.807) is 25.3 Å². The van der Waals surface area contributed by atoms with Crippen molar-refractivity contribution in [1.82, 2.24) is 29.7 Å². The summed E-state index contributed by atoms with van der Waals surface area (Å²) in [6.07, 6.45) is 5.67. The molecule has 0 bridgehead atoms. The Labute approximate surface area is 308 Å². The van der Waals surface area contributed by atoms with Crippen LogP contribution in [0.25, 0.3) is 39.5 Å². The number of hydrogen-bond donors (Lipinski definition) is 2. The van der Waals surface area contributed by atoms with Crippen LogP contribution in [0.3, 0.4) is 0 Å². The molecule has 1 spiro atoms. The van der Waals surface area contributed by atoms with Gasteiger partial charge in [-0.15, -0.1) is 0 Å². The first-order valence-electron chi connectivity index (χ1n) is 18.4. The van der Waals surface area contributed by atoms with Crippen LogP contribution in [0.2, 0.25) is 0 Å². The molecule has 2 aliphatic heterocycles. The normalized spacial score (nSPS) is 17.7. The zero-order chi connectivity index (χ0) is 37.1. The lowest BCUT2D eigenvalue weighted by atomic mass is 9.71. The number of carbonyl (C=O) groups excluding carboxylic acids is 2. The van der Waals surface area contributed by atoms with Crippen LogP contribution in [0, 0.1) is 11.2 Å². The predicted molar refractivity (Wildman–Crippen MR) is 203 cm³/mol. The Balaban J connectivity index is 1.14. The number of amides is 2. The number of likely N-dealkylation sites (tertiary alicyclic amines) is 1. The first kappa shape index (κ1) is 34.6. The number of alkyl carbamates (subject to hydrolysis) is 1. The van der Waals surface area contributed by atoms with Crippen molar-refractivity contribution in [2.24, 2.45) is 5.41 Å². The molecule has 3 aliphatic rings. The number of hydrogen-bond acceptors (Lipinski definition) is 8. The highest BCUT2D eigenvalue weighted by molar-refractivity contribution is 5.85. The lowest BCUT2D eigenvalue weighted by molar-refractivity contribution is -0.131. The van der Waals surface area contributed by atoms with E-state index in [1.807, 2.05) is 84.8 Å². The average molecular weight is 717 g/mol. The van der Waals surface area contributed by atoms with Crippen molar-refractivity contribution in [2.75, 3.05) is 36.8 Å².